The zero-order valence-electron chi connectivity index (χ0n) is 16.4. The first-order valence-electron chi connectivity index (χ1n) is 9.41. The van der Waals surface area contributed by atoms with Gasteiger partial charge < -0.3 is 9.88 Å². The number of aromatic nitrogens is 3. The first kappa shape index (κ1) is 18.0. The molecule has 5 heteroatoms. The Morgan fingerprint density at radius 3 is 2.68 bits per heavy atom. The summed E-state index contributed by atoms with van der Waals surface area (Å²) in [6.45, 7) is 5.38. The number of rotatable bonds is 5. The molecule has 0 unspecified atom stereocenters. The highest BCUT2D eigenvalue weighted by atomic mass is 16.2. The SMILES string of the molecule is Cc1[nH]c2ccc(C(=O)N(C)Cc3cnn(Cc4ccccc4)c3)cc2c1C. The summed E-state index contributed by atoms with van der Waals surface area (Å²) in [5.41, 5.74) is 6.31. The van der Waals surface area contributed by atoms with Crippen molar-refractivity contribution in [3.05, 3.63) is 88.9 Å². The number of nitrogens with zero attached hydrogens (tertiary/aromatic N) is 3. The monoisotopic (exact) mass is 372 g/mol. The molecule has 28 heavy (non-hydrogen) atoms. The molecule has 0 saturated carbocycles. The Bertz CT molecular complexity index is 1120. The lowest BCUT2D eigenvalue weighted by atomic mass is 10.1. The van der Waals surface area contributed by atoms with Gasteiger partial charge in [-0.05, 0) is 43.2 Å². The molecule has 0 radical (unpaired) electrons. The minimum absolute atomic E-state index is 0.0102. The van der Waals surface area contributed by atoms with Crippen LogP contribution in [0.15, 0.2) is 60.9 Å². The van der Waals surface area contributed by atoms with Gasteiger partial charge >= 0.3 is 0 Å². The lowest BCUT2D eigenvalue weighted by Crippen LogP contribution is -2.26. The Balaban J connectivity index is 1.47. The van der Waals surface area contributed by atoms with Crippen LogP contribution < -0.4 is 0 Å². The van der Waals surface area contributed by atoms with E-state index >= 15 is 0 Å². The van der Waals surface area contributed by atoms with Crippen LogP contribution >= 0.6 is 0 Å². The van der Waals surface area contributed by atoms with Gasteiger partial charge in [0.05, 0.1) is 12.7 Å². The van der Waals surface area contributed by atoms with Crippen LogP contribution in [0.2, 0.25) is 0 Å². The Labute approximate surface area is 164 Å². The van der Waals surface area contributed by atoms with E-state index in [1.54, 1.807) is 4.90 Å². The minimum atomic E-state index is 0.0102. The topological polar surface area (TPSA) is 53.9 Å². The van der Waals surface area contributed by atoms with Crippen LogP contribution in [-0.2, 0) is 13.1 Å². The summed E-state index contributed by atoms with van der Waals surface area (Å²) in [5, 5.41) is 5.53. The molecule has 0 spiro atoms. The quantitative estimate of drug-likeness (QED) is 0.568. The fourth-order valence-electron chi connectivity index (χ4n) is 3.51. The highest BCUT2D eigenvalue weighted by Crippen LogP contribution is 2.23. The van der Waals surface area contributed by atoms with Crippen molar-refractivity contribution in [3.8, 4) is 0 Å². The van der Waals surface area contributed by atoms with E-state index in [1.807, 2.05) is 60.5 Å². The van der Waals surface area contributed by atoms with Gasteiger partial charge in [-0.1, -0.05) is 30.3 Å². The van der Waals surface area contributed by atoms with Gasteiger partial charge in [0.1, 0.15) is 0 Å². The number of amides is 1. The Morgan fingerprint density at radius 1 is 1.11 bits per heavy atom. The average Bonchev–Trinajstić information content (AvgIpc) is 3.25. The number of H-pyrrole nitrogens is 1. The maximum atomic E-state index is 12.9. The zero-order valence-corrected chi connectivity index (χ0v) is 16.4. The van der Waals surface area contributed by atoms with E-state index in [0.717, 1.165) is 28.7 Å². The molecule has 2 aromatic heterocycles. The van der Waals surface area contributed by atoms with Crippen LogP contribution in [0.4, 0.5) is 0 Å². The summed E-state index contributed by atoms with van der Waals surface area (Å²) >= 11 is 0. The molecule has 2 heterocycles. The Hall–Kier alpha value is -3.34. The van der Waals surface area contributed by atoms with Crippen LogP contribution in [0, 0.1) is 13.8 Å². The molecule has 2 aromatic carbocycles. The number of benzene rings is 2. The first-order chi connectivity index (χ1) is 13.5. The third-order valence-corrected chi connectivity index (χ3v) is 5.20. The van der Waals surface area contributed by atoms with Gasteiger partial charge in [-0.25, -0.2) is 0 Å². The van der Waals surface area contributed by atoms with Gasteiger partial charge in [0.15, 0.2) is 0 Å². The standard InChI is InChI=1S/C23H24N4O/c1-16-17(2)25-22-10-9-20(11-21(16)22)23(28)26(3)13-19-12-24-27(15-19)14-18-7-5-4-6-8-18/h4-12,15,25H,13-14H2,1-3H3. The minimum Gasteiger partial charge on any atom is -0.358 e. The normalized spacial score (nSPS) is 11.1. The predicted molar refractivity (Wildman–Crippen MR) is 111 cm³/mol. The van der Waals surface area contributed by atoms with E-state index in [2.05, 4.69) is 36.1 Å². The molecule has 0 saturated heterocycles. The van der Waals surface area contributed by atoms with Crippen molar-refractivity contribution in [2.24, 2.45) is 0 Å². The van der Waals surface area contributed by atoms with Crippen molar-refractivity contribution in [3.63, 3.8) is 0 Å². The maximum absolute atomic E-state index is 12.9. The molecule has 0 aliphatic carbocycles. The molecule has 4 rings (SSSR count). The van der Waals surface area contributed by atoms with Crippen molar-refractivity contribution in [2.75, 3.05) is 7.05 Å². The highest BCUT2D eigenvalue weighted by Gasteiger charge is 2.15. The van der Waals surface area contributed by atoms with Gasteiger partial charge in [0.2, 0.25) is 0 Å². The summed E-state index contributed by atoms with van der Waals surface area (Å²) in [5.74, 6) is 0.0102. The van der Waals surface area contributed by atoms with E-state index < -0.39 is 0 Å². The number of hydrogen-bond acceptors (Lipinski definition) is 2. The van der Waals surface area contributed by atoms with E-state index in [1.165, 1.54) is 11.1 Å². The molecule has 1 N–H and O–H groups in total. The smallest absolute Gasteiger partial charge is 0.253 e. The van der Waals surface area contributed by atoms with E-state index in [4.69, 9.17) is 0 Å². The second kappa shape index (κ2) is 7.35. The molecule has 142 valence electrons. The van der Waals surface area contributed by atoms with E-state index in [0.29, 0.717) is 12.1 Å². The number of nitrogens with one attached hydrogen (secondary N) is 1. The molecule has 0 atom stereocenters. The largest absolute Gasteiger partial charge is 0.358 e. The van der Waals surface area contributed by atoms with E-state index in [9.17, 15) is 4.79 Å². The lowest BCUT2D eigenvalue weighted by molar-refractivity contribution is 0.0785. The lowest BCUT2D eigenvalue weighted by Gasteiger charge is -2.16. The molecular weight excluding hydrogens is 348 g/mol. The van der Waals surface area contributed by atoms with Crippen LogP contribution in [0.25, 0.3) is 10.9 Å². The number of carbonyl (C=O) groups is 1. The van der Waals surface area contributed by atoms with Crippen LogP contribution in [-0.4, -0.2) is 32.6 Å². The van der Waals surface area contributed by atoms with Crippen LogP contribution in [0.1, 0.15) is 32.7 Å². The van der Waals surface area contributed by atoms with Crippen molar-refractivity contribution in [1.29, 1.82) is 0 Å². The van der Waals surface area contributed by atoms with Crippen molar-refractivity contribution < 1.29 is 4.79 Å². The van der Waals surface area contributed by atoms with Crippen LogP contribution in [0.5, 0.6) is 0 Å². The summed E-state index contributed by atoms with van der Waals surface area (Å²) in [4.78, 5) is 18.0. The van der Waals surface area contributed by atoms with Gasteiger partial charge in [0, 0.05) is 47.5 Å². The molecule has 5 nitrogen and oxygen atoms in total. The van der Waals surface area contributed by atoms with Crippen molar-refractivity contribution in [1.82, 2.24) is 19.7 Å². The molecule has 0 aliphatic rings. The van der Waals surface area contributed by atoms with Crippen molar-refractivity contribution in [2.45, 2.75) is 26.9 Å². The maximum Gasteiger partial charge on any atom is 0.253 e. The third kappa shape index (κ3) is 3.56. The highest BCUT2D eigenvalue weighted by molar-refractivity contribution is 5.98. The molecular formula is C23H24N4O. The van der Waals surface area contributed by atoms with Gasteiger partial charge in [-0.2, -0.15) is 5.10 Å². The fourth-order valence-corrected chi connectivity index (χ4v) is 3.51. The predicted octanol–water partition coefficient (Wildman–Crippen LogP) is 4.30. The zero-order chi connectivity index (χ0) is 19.7. The number of carbonyl (C=O) groups excluding carboxylic acids is 1. The van der Waals surface area contributed by atoms with Gasteiger partial charge in [-0.15, -0.1) is 0 Å². The summed E-state index contributed by atoms with van der Waals surface area (Å²) < 4.78 is 1.90. The molecule has 0 bridgehead atoms. The Kier molecular flexibility index (Phi) is 4.74. The molecule has 4 aromatic rings. The number of aromatic amines is 1. The second-order valence-corrected chi connectivity index (χ2v) is 7.33. The summed E-state index contributed by atoms with van der Waals surface area (Å²) in [6.07, 6.45) is 3.83. The number of hydrogen-bond donors (Lipinski definition) is 1. The van der Waals surface area contributed by atoms with Crippen LogP contribution in [0.3, 0.4) is 0 Å². The molecule has 0 aliphatic heterocycles. The molecule has 1 amide bonds. The third-order valence-electron chi connectivity index (χ3n) is 5.20. The summed E-state index contributed by atoms with van der Waals surface area (Å²) in [6, 6.07) is 16.1. The summed E-state index contributed by atoms with van der Waals surface area (Å²) in [7, 11) is 1.83. The van der Waals surface area contributed by atoms with Gasteiger partial charge in [-0.3, -0.25) is 9.48 Å². The average molecular weight is 372 g/mol. The molecule has 0 fully saturated rings. The fraction of sp³-hybridized carbons (Fsp3) is 0.217. The second-order valence-electron chi connectivity index (χ2n) is 7.33. The number of fused-ring (bicyclic) bond motifs is 1. The van der Waals surface area contributed by atoms with E-state index in [-0.39, 0.29) is 5.91 Å². The van der Waals surface area contributed by atoms with Gasteiger partial charge in [0.25, 0.3) is 5.91 Å². The number of aryl methyl sites for hydroxylation is 2. The van der Waals surface area contributed by atoms with Crippen molar-refractivity contribution >= 4 is 16.8 Å². The first-order valence-corrected chi connectivity index (χ1v) is 9.41. The Morgan fingerprint density at radius 2 is 1.89 bits per heavy atom.